The first-order valence-electron chi connectivity index (χ1n) is 5.50. The van der Waals surface area contributed by atoms with Crippen molar-refractivity contribution in [3.8, 4) is 6.07 Å². The van der Waals surface area contributed by atoms with E-state index in [-0.39, 0.29) is 6.04 Å². The first kappa shape index (κ1) is 12.0. The van der Waals surface area contributed by atoms with Gasteiger partial charge in [0.2, 0.25) is 0 Å². The highest BCUT2D eigenvalue weighted by atomic mass is 15.5. The van der Waals surface area contributed by atoms with Crippen LogP contribution in [0.15, 0.2) is 6.07 Å². The molecule has 7 heteroatoms. The third-order valence-corrected chi connectivity index (χ3v) is 2.56. The molecular formula is C11H13N7. The molecule has 0 saturated carbocycles. The molecule has 0 radical (unpaired) electrons. The number of nitrogens with zero attached hydrogens (tertiary/aromatic N) is 5. The second kappa shape index (κ2) is 4.79. The van der Waals surface area contributed by atoms with Crippen LogP contribution in [0.5, 0.6) is 0 Å². The molecule has 92 valence electrons. The minimum Gasteiger partial charge on any atom is -0.374 e. The van der Waals surface area contributed by atoms with Crippen LogP contribution in [0.1, 0.15) is 35.7 Å². The summed E-state index contributed by atoms with van der Waals surface area (Å²) in [4.78, 5) is 4.26. The van der Waals surface area contributed by atoms with E-state index in [0.717, 1.165) is 11.4 Å². The number of tetrazole rings is 1. The molecule has 0 bridgehead atoms. The summed E-state index contributed by atoms with van der Waals surface area (Å²) in [6.07, 6.45) is 0. The smallest absolute Gasteiger partial charge is 0.196 e. The standard InChI is InChI=1S/C11H13N7/c1-6-4-10(9(5-12)7(2)13-6)14-8(3)11-15-17-18-16-11/h4,8H,1-3H3,(H,13,14)(H,15,16,17,18). The van der Waals surface area contributed by atoms with E-state index in [2.05, 4.69) is 37.0 Å². The molecule has 0 spiro atoms. The molecule has 1 atom stereocenters. The topological polar surface area (TPSA) is 103 Å². The summed E-state index contributed by atoms with van der Waals surface area (Å²) >= 11 is 0. The third kappa shape index (κ3) is 2.27. The Bertz CT molecular complexity index is 582. The second-order valence-electron chi connectivity index (χ2n) is 4.02. The highest BCUT2D eigenvalue weighted by Crippen LogP contribution is 2.22. The van der Waals surface area contributed by atoms with Gasteiger partial charge in [-0.05, 0) is 26.8 Å². The number of nitriles is 1. The summed E-state index contributed by atoms with van der Waals surface area (Å²) in [5.74, 6) is 0.547. The molecule has 0 aliphatic rings. The number of anilines is 1. The van der Waals surface area contributed by atoms with E-state index in [4.69, 9.17) is 5.26 Å². The van der Waals surface area contributed by atoms with Crippen molar-refractivity contribution in [2.24, 2.45) is 0 Å². The third-order valence-electron chi connectivity index (χ3n) is 2.56. The predicted octanol–water partition coefficient (Wildman–Crippen LogP) is 1.26. The van der Waals surface area contributed by atoms with Crippen LogP contribution in [0.2, 0.25) is 0 Å². The zero-order valence-electron chi connectivity index (χ0n) is 10.4. The van der Waals surface area contributed by atoms with Crippen LogP contribution in [0.25, 0.3) is 0 Å². The monoisotopic (exact) mass is 243 g/mol. The Hall–Kier alpha value is -2.49. The first-order chi connectivity index (χ1) is 8.61. The van der Waals surface area contributed by atoms with Gasteiger partial charge in [-0.25, -0.2) is 0 Å². The maximum absolute atomic E-state index is 9.15. The fourth-order valence-electron chi connectivity index (χ4n) is 1.73. The van der Waals surface area contributed by atoms with Crippen LogP contribution in [0.3, 0.4) is 0 Å². The molecule has 2 heterocycles. The second-order valence-corrected chi connectivity index (χ2v) is 4.02. The van der Waals surface area contributed by atoms with Crippen LogP contribution >= 0.6 is 0 Å². The number of aryl methyl sites for hydroxylation is 2. The lowest BCUT2D eigenvalue weighted by atomic mass is 10.1. The Morgan fingerprint density at radius 2 is 2.22 bits per heavy atom. The number of hydrogen-bond donors (Lipinski definition) is 2. The van der Waals surface area contributed by atoms with Gasteiger partial charge >= 0.3 is 0 Å². The number of rotatable bonds is 3. The van der Waals surface area contributed by atoms with Gasteiger partial charge in [-0.15, -0.1) is 10.2 Å². The molecule has 2 N–H and O–H groups in total. The van der Waals surface area contributed by atoms with Crippen LogP contribution in [0, 0.1) is 25.2 Å². The van der Waals surface area contributed by atoms with Gasteiger partial charge in [-0.3, -0.25) is 4.98 Å². The lowest BCUT2D eigenvalue weighted by molar-refractivity contribution is 0.792. The fraction of sp³-hybridized carbons (Fsp3) is 0.364. The average Bonchev–Trinajstić information content (AvgIpc) is 2.81. The van der Waals surface area contributed by atoms with E-state index in [9.17, 15) is 0 Å². The molecule has 0 aliphatic heterocycles. The summed E-state index contributed by atoms with van der Waals surface area (Å²) in [5.41, 5.74) is 2.84. The molecule has 18 heavy (non-hydrogen) atoms. The lowest BCUT2D eigenvalue weighted by Crippen LogP contribution is -2.11. The minimum absolute atomic E-state index is 0.142. The predicted molar refractivity (Wildman–Crippen MR) is 64.6 cm³/mol. The van der Waals surface area contributed by atoms with Crippen LogP contribution in [-0.4, -0.2) is 25.6 Å². The van der Waals surface area contributed by atoms with Gasteiger partial charge in [0.25, 0.3) is 0 Å². The molecule has 0 amide bonds. The minimum atomic E-state index is -0.142. The zero-order valence-corrected chi connectivity index (χ0v) is 10.4. The maximum Gasteiger partial charge on any atom is 0.196 e. The molecule has 0 saturated heterocycles. The van der Waals surface area contributed by atoms with E-state index >= 15 is 0 Å². The Kier molecular flexibility index (Phi) is 3.19. The molecule has 0 fully saturated rings. The Labute approximate surface area is 104 Å². The van der Waals surface area contributed by atoms with E-state index in [1.165, 1.54) is 0 Å². The highest BCUT2D eigenvalue weighted by molar-refractivity contribution is 5.60. The van der Waals surface area contributed by atoms with Gasteiger partial charge in [0.05, 0.1) is 23.0 Å². The summed E-state index contributed by atoms with van der Waals surface area (Å²) in [5, 5.41) is 26.1. The molecular weight excluding hydrogens is 230 g/mol. The lowest BCUT2D eigenvalue weighted by Gasteiger charge is -2.14. The van der Waals surface area contributed by atoms with E-state index in [0.29, 0.717) is 17.1 Å². The average molecular weight is 243 g/mol. The van der Waals surface area contributed by atoms with Crippen molar-refractivity contribution in [2.75, 3.05) is 5.32 Å². The molecule has 2 aromatic heterocycles. The number of pyridine rings is 1. The van der Waals surface area contributed by atoms with Crippen molar-refractivity contribution in [3.05, 3.63) is 28.8 Å². The molecule has 0 aromatic carbocycles. The normalized spacial score (nSPS) is 11.9. The van der Waals surface area contributed by atoms with Crippen molar-refractivity contribution in [1.29, 1.82) is 5.26 Å². The molecule has 7 nitrogen and oxygen atoms in total. The SMILES string of the molecule is Cc1cc(NC(C)c2nn[nH]n2)c(C#N)c(C)n1. The number of H-pyrrole nitrogens is 1. The van der Waals surface area contributed by atoms with Crippen molar-refractivity contribution >= 4 is 5.69 Å². The van der Waals surface area contributed by atoms with Crippen molar-refractivity contribution in [3.63, 3.8) is 0 Å². The quantitative estimate of drug-likeness (QED) is 0.841. The maximum atomic E-state index is 9.15. The number of aromatic nitrogens is 5. The fourth-order valence-corrected chi connectivity index (χ4v) is 1.73. The molecule has 0 aliphatic carbocycles. The molecule has 2 aromatic rings. The highest BCUT2D eigenvalue weighted by Gasteiger charge is 2.14. The largest absolute Gasteiger partial charge is 0.374 e. The van der Waals surface area contributed by atoms with Crippen LogP contribution in [0.4, 0.5) is 5.69 Å². The molecule has 1 unspecified atom stereocenters. The Morgan fingerprint density at radius 1 is 1.44 bits per heavy atom. The van der Waals surface area contributed by atoms with E-state index in [1.807, 2.05) is 26.8 Å². The van der Waals surface area contributed by atoms with Crippen molar-refractivity contribution < 1.29 is 0 Å². The Balaban J connectivity index is 2.32. The van der Waals surface area contributed by atoms with Gasteiger partial charge < -0.3 is 5.32 Å². The van der Waals surface area contributed by atoms with Crippen molar-refractivity contribution in [2.45, 2.75) is 26.8 Å². The Morgan fingerprint density at radius 3 is 2.83 bits per heavy atom. The zero-order chi connectivity index (χ0) is 13.1. The first-order valence-corrected chi connectivity index (χ1v) is 5.50. The van der Waals surface area contributed by atoms with Gasteiger partial charge in [0.1, 0.15) is 6.07 Å². The van der Waals surface area contributed by atoms with Crippen LogP contribution in [-0.2, 0) is 0 Å². The van der Waals surface area contributed by atoms with Crippen LogP contribution < -0.4 is 5.32 Å². The van der Waals surface area contributed by atoms with Gasteiger partial charge in [-0.1, -0.05) is 5.21 Å². The van der Waals surface area contributed by atoms with Crippen molar-refractivity contribution in [1.82, 2.24) is 25.6 Å². The number of hydrogen-bond acceptors (Lipinski definition) is 6. The van der Waals surface area contributed by atoms with Gasteiger partial charge in [0.15, 0.2) is 5.82 Å². The summed E-state index contributed by atoms with van der Waals surface area (Å²) in [6, 6.07) is 3.85. The van der Waals surface area contributed by atoms with E-state index in [1.54, 1.807) is 0 Å². The molecule has 2 rings (SSSR count). The summed E-state index contributed by atoms with van der Waals surface area (Å²) in [6.45, 7) is 5.60. The van der Waals surface area contributed by atoms with Gasteiger partial charge in [-0.2, -0.15) is 10.5 Å². The van der Waals surface area contributed by atoms with Gasteiger partial charge in [0, 0.05) is 5.69 Å². The number of aromatic amines is 1. The summed E-state index contributed by atoms with van der Waals surface area (Å²) < 4.78 is 0. The van der Waals surface area contributed by atoms with E-state index < -0.39 is 0 Å². The summed E-state index contributed by atoms with van der Waals surface area (Å²) in [7, 11) is 0. The number of nitrogens with one attached hydrogen (secondary N) is 2.